The Morgan fingerprint density at radius 3 is 2.43 bits per heavy atom. The van der Waals surface area contributed by atoms with Crippen molar-refractivity contribution >= 4 is 28.5 Å². The molecule has 0 spiro atoms. The molecule has 0 aliphatic rings. The maximum Gasteiger partial charge on any atom is 0.416 e. The highest BCUT2D eigenvalue weighted by Gasteiger charge is 2.31. The molecule has 2 aromatic carbocycles. The molecule has 0 bridgehead atoms. The second-order valence-corrected chi connectivity index (χ2v) is 6.18. The van der Waals surface area contributed by atoms with E-state index in [0.29, 0.717) is 5.56 Å². The molecule has 1 aromatic heterocycles. The summed E-state index contributed by atoms with van der Waals surface area (Å²) in [5.74, 6) is -0.851. The molecule has 146 valence electrons. The van der Waals surface area contributed by atoms with E-state index in [-0.39, 0.29) is 16.9 Å². The topological polar surface area (TPSA) is 84.0 Å². The number of aromatic amines is 1. The summed E-state index contributed by atoms with van der Waals surface area (Å²) in [6.45, 7) is 0. The minimum absolute atomic E-state index is 0.00314. The van der Waals surface area contributed by atoms with Crippen LogP contribution in [0.2, 0.25) is 0 Å². The van der Waals surface area contributed by atoms with Gasteiger partial charge in [0.15, 0.2) is 0 Å². The molecule has 0 aliphatic heterocycles. The lowest BCUT2D eigenvalue weighted by Crippen LogP contribution is -2.44. The molecule has 0 fully saturated rings. The van der Waals surface area contributed by atoms with Crippen LogP contribution in [0.25, 0.3) is 11.0 Å². The Morgan fingerprint density at radius 1 is 1.14 bits per heavy atom. The Kier molecular flexibility index (Phi) is 5.28. The quantitative estimate of drug-likeness (QED) is 0.511. The first kappa shape index (κ1) is 19.7. The number of rotatable bonds is 4. The van der Waals surface area contributed by atoms with Crippen molar-refractivity contribution in [3.63, 3.8) is 0 Å². The number of halogens is 4. The number of amides is 1. The minimum atomic E-state index is -4.63. The summed E-state index contributed by atoms with van der Waals surface area (Å²) in [6.07, 6.45) is -5.78. The standard InChI is InChI=1S/C18H13ClF3N3O3/c19-9-14(24-15(26)10-4-2-1-3-5-10)25-13-7-6-11(18(20,21)22)8-12(13)23-16(27)17(25)28/h1-8,14H,9H2,(H,23,27)(H,24,26). The van der Waals surface area contributed by atoms with Gasteiger partial charge in [-0.05, 0) is 30.3 Å². The third kappa shape index (κ3) is 3.79. The Bertz CT molecular complexity index is 1140. The van der Waals surface area contributed by atoms with Gasteiger partial charge < -0.3 is 10.3 Å². The third-order valence-electron chi connectivity index (χ3n) is 4.04. The van der Waals surface area contributed by atoms with Crippen LogP contribution < -0.4 is 16.4 Å². The summed E-state index contributed by atoms with van der Waals surface area (Å²) in [5, 5.41) is 2.52. The lowest BCUT2D eigenvalue weighted by Gasteiger charge is -2.21. The summed E-state index contributed by atoms with van der Waals surface area (Å²) < 4.78 is 39.7. The molecule has 1 heterocycles. The van der Waals surface area contributed by atoms with Gasteiger partial charge in [0, 0.05) is 5.56 Å². The van der Waals surface area contributed by atoms with Gasteiger partial charge in [-0.1, -0.05) is 18.2 Å². The lowest BCUT2D eigenvalue weighted by molar-refractivity contribution is -0.137. The number of nitrogens with one attached hydrogen (secondary N) is 2. The van der Waals surface area contributed by atoms with Gasteiger partial charge in [0.25, 0.3) is 5.91 Å². The van der Waals surface area contributed by atoms with Crippen molar-refractivity contribution < 1.29 is 18.0 Å². The number of nitrogens with zero attached hydrogens (tertiary/aromatic N) is 1. The number of H-pyrrole nitrogens is 1. The van der Waals surface area contributed by atoms with Crippen molar-refractivity contribution in [1.82, 2.24) is 14.9 Å². The van der Waals surface area contributed by atoms with E-state index in [1.165, 1.54) is 12.1 Å². The lowest BCUT2D eigenvalue weighted by atomic mass is 10.1. The highest BCUT2D eigenvalue weighted by molar-refractivity contribution is 6.18. The molecule has 0 aliphatic carbocycles. The van der Waals surface area contributed by atoms with Gasteiger partial charge in [-0.3, -0.25) is 19.0 Å². The maximum atomic E-state index is 12.9. The van der Waals surface area contributed by atoms with E-state index in [1.807, 2.05) is 0 Å². The fourth-order valence-electron chi connectivity index (χ4n) is 2.72. The van der Waals surface area contributed by atoms with Gasteiger partial charge >= 0.3 is 17.3 Å². The Labute approximate surface area is 160 Å². The van der Waals surface area contributed by atoms with Gasteiger partial charge in [0.1, 0.15) is 6.17 Å². The number of hydrogen-bond acceptors (Lipinski definition) is 3. The van der Waals surface area contributed by atoms with Crippen molar-refractivity contribution in [2.24, 2.45) is 0 Å². The molecular weight excluding hydrogens is 399 g/mol. The van der Waals surface area contributed by atoms with Gasteiger partial charge in [0.2, 0.25) is 0 Å². The zero-order valence-corrected chi connectivity index (χ0v) is 14.8. The highest BCUT2D eigenvalue weighted by Crippen LogP contribution is 2.30. The average Bonchev–Trinajstić information content (AvgIpc) is 2.67. The van der Waals surface area contributed by atoms with Gasteiger partial charge in [-0.2, -0.15) is 13.2 Å². The summed E-state index contributed by atoms with van der Waals surface area (Å²) in [4.78, 5) is 38.9. The predicted octanol–water partition coefficient (Wildman–Crippen LogP) is 2.88. The van der Waals surface area contributed by atoms with E-state index in [0.717, 1.165) is 22.8 Å². The number of benzene rings is 2. The zero-order chi connectivity index (χ0) is 20.5. The number of carbonyl (C=O) groups is 1. The van der Waals surface area contributed by atoms with Crippen LogP contribution in [-0.4, -0.2) is 21.3 Å². The number of carbonyl (C=O) groups excluding carboxylic acids is 1. The van der Waals surface area contributed by atoms with Crippen molar-refractivity contribution in [2.75, 3.05) is 5.88 Å². The number of aromatic nitrogens is 2. The molecule has 0 saturated carbocycles. The summed E-state index contributed by atoms with van der Waals surface area (Å²) >= 11 is 5.90. The number of hydrogen-bond donors (Lipinski definition) is 2. The molecular formula is C18H13ClF3N3O3. The van der Waals surface area contributed by atoms with Crippen LogP contribution >= 0.6 is 11.6 Å². The first-order chi connectivity index (χ1) is 13.2. The van der Waals surface area contributed by atoms with E-state index in [1.54, 1.807) is 18.2 Å². The van der Waals surface area contributed by atoms with E-state index >= 15 is 0 Å². The first-order valence-electron chi connectivity index (χ1n) is 8.00. The van der Waals surface area contributed by atoms with Crippen molar-refractivity contribution in [2.45, 2.75) is 12.3 Å². The van der Waals surface area contributed by atoms with E-state index in [2.05, 4.69) is 10.3 Å². The number of fused-ring (bicyclic) bond motifs is 1. The number of alkyl halides is 4. The molecule has 10 heteroatoms. The third-order valence-corrected chi connectivity index (χ3v) is 4.33. The van der Waals surface area contributed by atoms with E-state index < -0.39 is 34.9 Å². The fourth-order valence-corrected chi connectivity index (χ4v) is 2.94. The monoisotopic (exact) mass is 411 g/mol. The summed E-state index contributed by atoms with van der Waals surface area (Å²) in [5.41, 5.74) is -3.09. The molecule has 1 amide bonds. The Hall–Kier alpha value is -3.07. The molecule has 3 rings (SSSR count). The molecule has 6 nitrogen and oxygen atoms in total. The van der Waals surface area contributed by atoms with Crippen LogP contribution in [0.1, 0.15) is 22.1 Å². The second-order valence-electron chi connectivity index (χ2n) is 5.87. The molecule has 28 heavy (non-hydrogen) atoms. The van der Waals surface area contributed by atoms with Gasteiger partial charge in [-0.15, -0.1) is 11.6 Å². The minimum Gasteiger partial charge on any atom is -0.330 e. The Morgan fingerprint density at radius 2 is 1.82 bits per heavy atom. The maximum absolute atomic E-state index is 12.9. The second kappa shape index (κ2) is 7.51. The van der Waals surface area contributed by atoms with E-state index in [4.69, 9.17) is 11.6 Å². The van der Waals surface area contributed by atoms with Crippen molar-refractivity contribution in [3.05, 3.63) is 80.4 Å². The largest absolute Gasteiger partial charge is 0.416 e. The predicted molar refractivity (Wildman–Crippen MR) is 97.5 cm³/mol. The van der Waals surface area contributed by atoms with Crippen molar-refractivity contribution in [3.8, 4) is 0 Å². The molecule has 2 N–H and O–H groups in total. The molecule has 1 unspecified atom stereocenters. The fraction of sp³-hybridized carbons (Fsp3) is 0.167. The molecule has 0 saturated heterocycles. The van der Waals surface area contributed by atoms with Crippen LogP contribution in [0.4, 0.5) is 13.2 Å². The Balaban J connectivity index is 2.11. The molecule has 1 atom stereocenters. The van der Waals surface area contributed by atoms with Gasteiger partial charge in [-0.25, -0.2) is 0 Å². The SMILES string of the molecule is O=C(NC(CCl)n1c(=O)c(=O)[nH]c2cc(C(F)(F)F)ccc21)c1ccccc1. The zero-order valence-electron chi connectivity index (χ0n) is 14.1. The van der Waals surface area contributed by atoms with Crippen LogP contribution in [0, 0.1) is 0 Å². The van der Waals surface area contributed by atoms with Crippen molar-refractivity contribution in [1.29, 1.82) is 0 Å². The normalized spacial score (nSPS) is 12.7. The average molecular weight is 412 g/mol. The van der Waals surface area contributed by atoms with Crippen LogP contribution in [0.5, 0.6) is 0 Å². The molecule has 3 aromatic rings. The van der Waals surface area contributed by atoms with Gasteiger partial charge in [0.05, 0.1) is 22.5 Å². The highest BCUT2D eigenvalue weighted by atomic mass is 35.5. The first-order valence-corrected chi connectivity index (χ1v) is 8.53. The molecule has 0 radical (unpaired) electrons. The van der Waals surface area contributed by atoms with Crippen LogP contribution in [0.15, 0.2) is 58.1 Å². The van der Waals surface area contributed by atoms with E-state index in [9.17, 15) is 27.6 Å². The smallest absolute Gasteiger partial charge is 0.330 e. The summed E-state index contributed by atoms with van der Waals surface area (Å²) in [7, 11) is 0. The van der Waals surface area contributed by atoms with Crippen LogP contribution in [-0.2, 0) is 6.18 Å². The van der Waals surface area contributed by atoms with Crippen LogP contribution in [0.3, 0.4) is 0 Å². The summed E-state index contributed by atoms with van der Waals surface area (Å²) in [6, 6.07) is 10.6.